The molecule has 3 heterocycles. The van der Waals surface area contributed by atoms with Gasteiger partial charge in [0, 0.05) is 24.7 Å². The zero-order valence-electron chi connectivity index (χ0n) is 18.9. The van der Waals surface area contributed by atoms with Crippen molar-refractivity contribution in [3.8, 4) is 11.3 Å². The van der Waals surface area contributed by atoms with Gasteiger partial charge in [0.2, 0.25) is 16.0 Å². The Hall–Kier alpha value is -2.38. The summed E-state index contributed by atoms with van der Waals surface area (Å²) in [5, 5.41) is 23.3. The van der Waals surface area contributed by atoms with E-state index in [-0.39, 0.29) is 47.9 Å². The number of aromatic nitrogens is 4. The number of halogens is 2. The highest BCUT2D eigenvalue weighted by atomic mass is 35.5. The van der Waals surface area contributed by atoms with Crippen LogP contribution in [0.2, 0.25) is 5.02 Å². The number of imidazole rings is 1. The molecule has 0 aliphatic carbocycles. The molecule has 34 heavy (non-hydrogen) atoms. The molecule has 1 fully saturated rings. The van der Waals surface area contributed by atoms with Crippen LogP contribution >= 0.6 is 11.6 Å². The van der Waals surface area contributed by atoms with Gasteiger partial charge in [-0.05, 0) is 32.4 Å². The van der Waals surface area contributed by atoms with Crippen molar-refractivity contribution < 1.29 is 23.0 Å². The first-order valence-corrected chi connectivity index (χ1v) is 13.0. The standard InChI is InChI=1S/C21H26ClFN6O4S/c1-11(2)29-16-7-12(6-14(23)20(16)26-18(29)10-30)19-13(22)8-24-21(27-19)25-15-4-5-28(9-17(15)31)34(3,32)33/h6-8,11,15,17,30-31H,4-5,9-10H2,1-3H3,(H,24,25,27)/t15-,17-/m1/s1. The Balaban J connectivity index is 1.67. The number of aliphatic hydroxyl groups excluding tert-OH is 2. The second-order valence-electron chi connectivity index (χ2n) is 8.59. The summed E-state index contributed by atoms with van der Waals surface area (Å²) in [6.07, 6.45) is 1.88. The molecule has 3 aromatic rings. The highest BCUT2D eigenvalue weighted by Crippen LogP contribution is 2.32. The van der Waals surface area contributed by atoms with E-state index in [2.05, 4.69) is 20.3 Å². The predicted molar refractivity (Wildman–Crippen MR) is 126 cm³/mol. The van der Waals surface area contributed by atoms with Crippen LogP contribution in [-0.4, -0.2) is 73.9 Å². The molecule has 0 radical (unpaired) electrons. The molecule has 2 aromatic heterocycles. The zero-order chi connectivity index (χ0) is 24.8. The lowest BCUT2D eigenvalue weighted by molar-refractivity contribution is 0.0950. The summed E-state index contributed by atoms with van der Waals surface area (Å²) in [5.74, 6) is -0.0499. The van der Waals surface area contributed by atoms with Gasteiger partial charge >= 0.3 is 0 Å². The van der Waals surface area contributed by atoms with E-state index < -0.39 is 28.0 Å². The Kier molecular flexibility index (Phi) is 6.80. The number of nitrogens with zero attached hydrogens (tertiary/aromatic N) is 5. The second-order valence-corrected chi connectivity index (χ2v) is 11.0. The molecule has 184 valence electrons. The fraction of sp³-hybridized carbons (Fsp3) is 0.476. The van der Waals surface area contributed by atoms with Gasteiger partial charge in [0.1, 0.15) is 17.9 Å². The maximum atomic E-state index is 15.0. The van der Waals surface area contributed by atoms with E-state index in [0.29, 0.717) is 23.3 Å². The van der Waals surface area contributed by atoms with Gasteiger partial charge in [-0.1, -0.05) is 11.6 Å². The smallest absolute Gasteiger partial charge is 0.223 e. The number of piperidine rings is 1. The van der Waals surface area contributed by atoms with Gasteiger partial charge in [-0.15, -0.1) is 0 Å². The topological polar surface area (TPSA) is 133 Å². The van der Waals surface area contributed by atoms with Crippen molar-refractivity contribution in [3.05, 3.63) is 35.0 Å². The Morgan fingerprint density at radius 3 is 2.68 bits per heavy atom. The van der Waals surface area contributed by atoms with Gasteiger partial charge < -0.3 is 20.1 Å². The number of hydrogen-bond donors (Lipinski definition) is 3. The van der Waals surface area contributed by atoms with E-state index in [1.54, 1.807) is 10.6 Å². The SMILES string of the molecule is CC(C)n1c(CO)nc2c(F)cc(-c3nc(N[C@@H]4CCN(S(C)(=O)=O)C[C@H]4O)ncc3Cl)cc21. The van der Waals surface area contributed by atoms with Crippen molar-refractivity contribution in [3.63, 3.8) is 0 Å². The van der Waals surface area contributed by atoms with E-state index >= 15 is 0 Å². The lowest BCUT2D eigenvalue weighted by Crippen LogP contribution is -2.51. The number of hydrogen-bond acceptors (Lipinski definition) is 8. The number of benzene rings is 1. The zero-order valence-corrected chi connectivity index (χ0v) is 20.5. The molecule has 1 aromatic carbocycles. The van der Waals surface area contributed by atoms with Crippen LogP contribution in [0.4, 0.5) is 10.3 Å². The molecule has 0 saturated carbocycles. The van der Waals surface area contributed by atoms with Gasteiger partial charge in [-0.2, -0.15) is 4.31 Å². The number of fused-ring (bicyclic) bond motifs is 1. The summed E-state index contributed by atoms with van der Waals surface area (Å²) in [5.41, 5.74) is 1.33. The molecule has 13 heteroatoms. The van der Waals surface area contributed by atoms with Crippen LogP contribution in [0, 0.1) is 5.82 Å². The van der Waals surface area contributed by atoms with Crippen LogP contribution in [0.25, 0.3) is 22.3 Å². The number of aliphatic hydroxyl groups is 2. The first-order chi connectivity index (χ1) is 16.0. The maximum absolute atomic E-state index is 15.0. The fourth-order valence-electron chi connectivity index (χ4n) is 4.20. The average Bonchev–Trinajstić information content (AvgIpc) is 3.15. The summed E-state index contributed by atoms with van der Waals surface area (Å²) in [4.78, 5) is 12.8. The van der Waals surface area contributed by atoms with Gasteiger partial charge in [0.15, 0.2) is 5.82 Å². The van der Waals surface area contributed by atoms with Gasteiger partial charge in [-0.25, -0.2) is 27.8 Å². The third kappa shape index (κ3) is 4.73. The molecule has 10 nitrogen and oxygen atoms in total. The third-order valence-corrected chi connectivity index (χ3v) is 7.37. The van der Waals surface area contributed by atoms with E-state index in [4.69, 9.17) is 11.6 Å². The van der Waals surface area contributed by atoms with Crippen LogP contribution in [0.1, 0.15) is 32.1 Å². The molecular weight excluding hydrogens is 487 g/mol. The van der Waals surface area contributed by atoms with E-state index in [1.807, 2.05) is 13.8 Å². The Morgan fingerprint density at radius 1 is 1.32 bits per heavy atom. The van der Waals surface area contributed by atoms with Gasteiger partial charge in [0.05, 0.1) is 40.8 Å². The first kappa shape index (κ1) is 24.7. The van der Waals surface area contributed by atoms with Crippen molar-refractivity contribution >= 4 is 38.6 Å². The quantitative estimate of drug-likeness (QED) is 0.457. The van der Waals surface area contributed by atoms with Crippen LogP contribution in [-0.2, 0) is 16.6 Å². The molecule has 0 bridgehead atoms. The predicted octanol–water partition coefficient (Wildman–Crippen LogP) is 2.17. The normalized spacial score (nSPS) is 19.8. The Morgan fingerprint density at radius 2 is 2.06 bits per heavy atom. The summed E-state index contributed by atoms with van der Waals surface area (Å²) in [6.45, 7) is 3.70. The molecule has 2 atom stereocenters. The molecule has 1 saturated heterocycles. The number of sulfonamides is 1. The number of nitrogens with one attached hydrogen (secondary N) is 1. The molecule has 1 aliphatic rings. The lowest BCUT2D eigenvalue weighted by atomic mass is 10.0. The minimum Gasteiger partial charge on any atom is -0.390 e. The van der Waals surface area contributed by atoms with E-state index in [1.165, 1.54) is 16.6 Å². The van der Waals surface area contributed by atoms with Crippen LogP contribution < -0.4 is 5.32 Å². The van der Waals surface area contributed by atoms with Gasteiger partial charge in [0.25, 0.3) is 0 Å². The summed E-state index contributed by atoms with van der Waals surface area (Å²) < 4.78 is 41.4. The average molecular weight is 513 g/mol. The minimum atomic E-state index is -3.40. The molecule has 0 unspecified atom stereocenters. The van der Waals surface area contributed by atoms with Crippen LogP contribution in [0.5, 0.6) is 0 Å². The summed E-state index contributed by atoms with van der Waals surface area (Å²) in [7, 11) is -3.40. The van der Waals surface area contributed by atoms with Crippen molar-refractivity contribution in [2.24, 2.45) is 0 Å². The van der Waals surface area contributed by atoms with E-state index in [0.717, 1.165) is 6.26 Å². The number of anilines is 1. The highest BCUT2D eigenvalue weighted by Gasteiger charge is 2.32. The third-order valence-electron chi connectivity index (χ3n) is 5.83. The fourth-order valence-corrected chi connectivity index (χ4v) is 5.26. The van der Waals surface area contributed by atoms with Crippen LogP contribution in [0.3, 0.4) is 0 Å². The van der Waals surface area contributed by atoms with E-state index in [9.17, 15) is 23.0 Å². The summed E-state index contributed by atoms with van der Waals surface area (Å²) in [6, 6.07) is 2.44. The molecular formula is C21H26ClFN6O4S. The molecule has 0 amide bonds. The second kappa shape index (κ2) is 9.34. The van der Waals surface area contributed by atoms with Crippen LogP contribution in [0.15, 0.2) is 18.3 Å². The van der Waals surface area contributed by atoms with Crippen molar-refractivity contribution in [1.82, 2.24) is 23.8 Å². The molecule has 0 spiro atoms. The molecule has 1 aliphatic heterocycles. The van der Waals surface area contributed by atoms with Gasteiger partial charge in [-0.3, -0.25) is 0 Å². The molecule has 4 rings (SSSR count). The van der Waals surface area contributed by atoms with Crippen molar-refractivity contribution in [2.75, 3.05) is 24.7 Å². The van der Waals surface area contributed by atoms with Crippen molar-refractivity contribution in [2.45, 2.75) is 45.1 Å². The summed E-state index contributed by atoms with van der Waals surface area (Å²) >= 11 is 6.35. The lowest BCUT2D eigenvalue weighted by Gasteiger charge is -2.34. The first-order valence-electron chi connectivity index (χ1n) is 10.7. The monoisotopic (exact) mass is 512 g/mol. The highest BCUT2D eigenvalue weighted by molar-refractivity contribution is 7.88. The molecule has 3 N–H and O–H groups in total. The minimum absolute atomic E-state index is 0.0365. The number of rotatable bonds is 6. The maximum Gasteiger partial charge on any atom is 0.223 e. The number of β-amino-alcohol motifs (C(OH)–C–C–N with tert-alkyl or cyclic N) is 1. The Labute approximate surface area is 201 Å². The Bertz CT molecular complexity index is 1330. The largest absolute Gasteiger partial charge is 0.390 e. The van der Waals surface area contributed by atoms with Crippen molar-refractivity contribution in [1.29, 1.82) is 0 Å².